The minimum absolute atomic E-state index is 0.102. The van der Waals surface area contributed by atoms with Crippen LogP contribution in [0, 0.1) is 0 Å². The number of benzene rings is 3. The van der Waals surface area contributed by atoms with Crippen molar-refractivity contribution in [3.63, 3.8) is 0 Å². The Bertz CT molecular complexity index is 1400. The average Bonchev–Trinajstić information content (AvgIpc) is 2.89. The van der Waals surface area contributed by atoms with Crippen LogP contribution in [0.1, 0.15) is 44.6 Å². The summed E-state index contributed by atoms with van der Waals surface area (Å²) in [5, 5.41) is 4.72. The quantitative estimate of drug-likeness (QED) is 0.364. The average molecular weight is 601 g/mol. The molecule has 1 fully saturated rings. The highest BCUT2D eigenvalue weighted by molar-refractivity contribution is 9.10. The minimum atomic E-state index is -3.81. The Morgan fingerprint density at radius 3 is 2.39 bits per heavy atom. The van der Waals surface area contributed by atoms with Gasteiger partial charge in [-0.25, -0.2) is 8.42 Å². The lowest BCUT2D eigenvalue weighted by Crippen LogP contribution is -2.53. The summed E-state index contributed by atoms with van der Waals surface area (Å²) in [5.74, 6) is -0.675. The summed E-state index contributed by atoms with van der Waals surface area (Å²) >= 11 is 3.47. The third-order valence-corrected chi connectivity index (χ3v) is 8.70. The Morgan fingerprint density at radius 2 is 1.68 bits per heavy atom. The molecule has 2 amide bonds. The number of amides is 2. The van der Waals surface area contributed by atoms with Crippen LogP contribution in [0.2, 0.25) is 0 Å². The maximum atomic E-state index is 13.9. The monoisotopic (exact) mass is 599 g/mol. The van der Waals surface area contributed by atoms with Crippen LogP contribution >= 0.6 is 15.9 Å². The van der Waals surface area contributed by atoms with Gasteiger partial charge in [0.2, 0.25) is 21.8 Å². The highest BCUT2D eigenvalue weighted by Crippen LogP contribution is 2.29. The van der Waals surface area contributed by atoms with E-state index in [1.54, 1.807) is 19.1 Å². The molecule has 0 saturated heterocycles. The third-order valence-electron chi connectivity index (χ3n) is 7.08. The fraction of sp³-hybridized carbons (Fsp3) is 0.379. The van der Waals surface area contributed by atoms with Gasteiger partial charge in [-0.05, 0) is 48.9 Å². The molecule has 9 heteroatoms. The highest BCUT2D eigenvalue weighted by atomic mass is 79.9. The van der Waals surface area contributed by atoms with Crippen molar-refractivity contribution in [2.45, 2.75) is 57.7 Å². The summed E-state index contributed by atoms with van der Waals surface area (Å²) in [6, 6.07) is 19.7. The number of halogens is 1. The lowest BCUT2D eigenvalue weighted by Gasteiger charge is -2.33. The molecule has 1 atom stereocenters. The lowest BCUT2D eigenvalue weighted by atomic mass is 9.95. The van der Waals surface area contributed by atoms with E-state index in [1.807, 2.05) is 54.6 Å². The minimum Gasteiger partial charge on any atom is -0.352 e. The van der Waals surface area contributed by atoms with Crippen molar-refractivity contribution in [2.24, 2.45) is 0 Å². The van der Waals surface area contributed by atoms with Crippen LogP contribution in [0.25, 0.3) is 10.8 Å². The van der Waals surface area contributed by atoms with Crippen molar-refractivity contribution in [1.82, 2.24) is 10.2 Å². The maximum absolute atomic E-state index is 13.9. The van der Waals surface area contributed by atoms with Gasteiger partial charge in [0.25, 0.3) is 0 Å². The number of hydrogen-bond donors (Lipinski definition) is 1. The van der Waals surface area contributed by atoms with Crippen molar-refractivity contribution in [3.05, 3.63) is 76.8 Å². The zero-order valence-electron chi connectivity index (χ0n) is 21.8. The van der Waals surface area contributed by atoms with E-state index in [4.69, 9.17) is 0 Å². The van der Waals surface area contributed by atoms with Crippen molar-refractivity contribution < 1.29 is 18.0 Å². The molecule has 1 aliphatic carbocycles. The summed E-state index contributed by atoms with van der Waals surface area (Å²) < 4.78 is 27.9. The number of nitrogens with zero attached hydrogens (tertiary/aromatic N) is 2. The van der Waals surface area contributed by atoms with Gasteiger partial charge >= 0.3 is 0 Å². The molecule has 1 saturated carbocycles. The summed E-state index contributed by atoms with van der Waals surface area (Å²) in [4.78, 5) is 28.6. The molecule has 0 radical (unpaired) electrons. The number of hydrogen-bond acceptors (Lipinski definition) is 4. The van der Waals surface area contributed by atoms with Gasteiger partial charge in [-0.1, -0.05) is 83.7 Å². The first-order chi connectivity index (χ1) is 18.1. The normalized spacial score (nSPS) is 15.1. The Morgan fingerprint density at radius 1 is 1.00 bits per heavy atom. The summed E-state index contributed by atoms with van der Waals surface area (Å²) in [6.07, 6.45) is 6.29. The Hall–Kier alpha value is -2.91. The molecule has 0 aliphatic heterocycles. The number of anilines is 1. The van der Waals surface area contributed by atoms with Gasteiger partial charge in [-0.15, -0.1) is 0 Å². The number of rotatable bonds is 9. The first-order valence-electron chi connectivity index (χ1n) is 12.9. The second kappa shape index (κ2) is 12.3. The van der Waals surface area contributed by atoms with Crippen molar-refractivity contribution >= 4 is 54.2 Å². The summed E-state index contributed by atoms with van der Waals surface area (Å²) in [6.45, 7) is 1.46. The molecule has 1 aliphatic rings. The third kappa shape index (κ3) is 6.94. The molecule has 38 heavy (non-hydrogen) atoms. The fourth-order valence-electron chi connectivity index (χ4n) is 5.00. The largest absolute Gasteiger partial charge is 0.352 e. The van der Waals surface area contributed by atoms with Gasteiger partial charge in [0.05, 0.1) is 11.9 Å². The van der Waals surface area contributed by atoms with E-state index in [9.17, 15) is 18.0 Å². The molecule has 3 aromatic rings. The zero-order chi connectivity index (χ0) is 27.3. The molecular weight excluding hydrogens is 566 g/mol. The molecule has 0 bridgehead atoms. The van der Waals surface area contributed by atoms with Gasteiger partial charge in [0.1, 0.15) is 12.6 Å². The summed E-state index contributed by atoms with van der Waals surface area (Å²) in [7, 11) is -3.81. The SMILES string of the molecule is CC(C(=O)NC1CCCCC1)N(Cc1cccc(Br)c1)C(=O)CN(c1cccc2ccccc12)S(C)(=O)=O. The van der Waals surface area contributed by atoms with Crippen molar-refractivity contribution in [2.75, 3.05) is 17.1 Å². The topological polar surface area (TPSA) is 86.8 Å². The zero-order valence-corrected chi connectivity index (χ0v) is 24.2. The molecule has 0 heterocycles. The molecule has 7 nitrogen and oxygen atoms in total. The number of sulfonamides is 1. The molecule has 0 spiro atoms. The Labute approximate surface area is 233 Å². The molecule has 1 N–H and O–H groups in total. The molecule has 0 aromatic heterocycles. The van der Waals surface area contributed by atoms with Gasteiger partial charge in [0.15, 0.2) is 0 Å². The Balaban J connectivity index is 1.64. The standard InChI is InChI=1S/C29H34BrN3O4S/c1-21(29(35)31-25-14-4-3-5-15-25)32(19-22-10-8-13-24(30)18-22)28(34)20-33(38(2,36)37)27-17-9-12-23-11-6-7-16-26(23)27/h6-13,16-18,21,25H,3-5,14-15,19-20H2,1-2H3,(H,31,35). The van der Waals surface area contributed by atoms with Crippen LogP contribution in [-0.2, 0) is 26.2 Å². The summed E-state index contributed by atoms with van der Waals surface area (Å²) in [5.41, 5.74) is 1.27. The van der Waals surface area contributed by atoms with Gasteiger partial charge in [-0.3, -0.25) is 13.9 Å². The predicted octanol–water partition coefficient (Wildman–Crippen LogP) is 5.23. The van der Waals surface area contributed by atoms with Gasteiger partial charge < -0.3 is 10.2 Å². The highest BCUT2D eigenvalue weighted by Gasteiger charge is 2.31. The molecular formula is C29H34BrN3O4S. The predicted molar refractivity (Wildman–Crippen MR) is 155 cm³/mol. The van der Waals surface area contributed by atoms with Crippen molar-refractivity contribution in [3.8, 4) is 0 Å². The second-order valence-electron chi connectivity index (χ2n) is 9.94. The van der Waals surface area contributed by atoms with Crippen LogP contribution in [0.4, 0.5) is 5.69 Å². The first-order valence-corrected chi connectivity index (χ1v) is 15.6. The Kier molecular flexibility index (Phi) is 9.10. The molecule has 3 aromatic carbocycles. The van der Waals surface area contributed by atoms with E-state index < -0.39 is 28.5 Å². The fourth-order valence-corrected chi connectivity index (χ4v) is 6.31. The smallest absolute Gasteiger partial charge is 0.244 e. The van der Waals surface area contributed by atoms with E-state index in [1.165, 1.54) is 11.3 Å². The molecule has 1 unspecified atom stereocenters. The lowest BCUT2D eigenvalue weighted by molar-refractivity contribution is -0.139. The first kappa shape index (κ1) is 28.1. The van der Waals surface area contributed by atoms with Crippen LogP contribution in [0.5, 0.6) is 0 Å². The van der Waals surface area contributed by atoms with E-state index in [2.05, 4.69) is 21.2 Å². The number of carbonyl (C=O) groups excluding carboxylic acids is 2. The van der Waals surface area contributed by atoms with E-state index in [-0.39, 0.29) is 18.5 Å². The molecule has 202 valence electrons. The van der Waals surface area contributed by atoms with Crippen LogP contribution in [0.15, 0.2) is 71.2 Å². The van der Waals surface area contributed by atoms with E-state index in [0.29, 0.717) is 5.69 Å². The van der Waals surface area contributed by atoms with Gasteiger partial charge in [-0.2, -0.15) is 0 Å². The van der Waals surface area contributed by atoms with E-state index >= 15 is 0 Å². The number of carbonyl (C=O) groups is 2. The van der Waals surface area contributed by atoms with Crippen LogP contribution in [-0.4, -0.2) is 50.0 Å². The van der Waals surface area contributed by atoms with Gasteiger partial charge in [0, 0.05) is 22.4 Å². The van der Waals surface area contributed by atoms with Crippen LogP contribution < -0.4 is 9.62 Å². The number of fused-ring (bicyclic) bond motifs is 1. The second-order valence-corrected chi connectivity index (χ2v) is 12.8. The van der Waals surface area contributed by atoms with Crippen LogP contribution in [0.3, 0.4) is 0 Å². The maximum Gasteiger partial charge on any atom is 0.244 e. The van der Waals surface area contributed by atoms with Crippen molar-refractivity contribution in [1.29, 1.82) is 0 Å². The van der Waals surface area contributed by atoms with E-state index in [0.717, 1.165) is 57.1 Å². The molecule has 4 rings (SSSR count). The number of nitrogens with one attached hydrogen (secondary N) is 1.